The van der Waals surface area contributed by atoms with Crippen LogP contribution in [-0.4, -0.2) is 36.0 Å². The maximum atomic E-state index is 14.6. The summed E-state index contributed by atoms with van der Waals surface area (Å²) >= 11 is 0. The van der Waals surface area contributed by atoms with Crippen LogP contribution in [0.15, 0.2) is 76.9 Å². The molecule has 2 N–H and O–H groups in total. The third-order valence-electron chi connectivity index (χ3n) is 9.52. The molecule has 0 bridgehead atoms. The van der Waals surface area contributed by atoms with E-state index in [9.17, 15) is 14.4 Å². The number of amidine groups is 1. The van der Waals surface area contributed by atoms with Gasteiger partial charge in [0.1, 0.15) is 0 Å². The van der Waals surface area contributed by atoms with Gasteiger partial charge in [-0.3, -0.25) is 14.4 Å². The highest BCUT2D eigenvalue weighted by molar-refractivity contribution is 6.03. The quantitative estimate of drug-likeness (QED) is 0.310. The molecule has 5 rings (SSSR count). The minimum absolute atomic E-state index is 0.0992. The third kappa shape index (κ3) is 5.79. The first kappa shape index (κ1) is 29.0. The zero-order chi connectivity index (χ0) is 29.0. The van der Waals surface area contributed by atoms with Crippen LogP contribution in [0.25, 0.3) is 0 Å². The SMILES string of the molecule is COC(=O)C1CCC(C)(C(=O)c2cccc(CC3CCC(N)=N[C@@](C4=CCCC=C4)(C4=CC=CCC4)C3=O)c2)CC1. The van der Waals surface area contributed by atoms with Crippen molar-refractivity contribution in [1.29, 1.82) is 0 Å². The van der Waals surface area contributed by atoms with E-state index in [2.05, 4.69) is 30.4 Å². The van der Waals surface area contributed by atoms with Crippen LogP contribution in [0.2, 0.25) is 0 Å². The Kier molecular flexibility index (Phi) is 8.58. The molecule has 2 atom stereocenters. The van der Waals surface area contributed by atoms with Crippen molar-refractivity contribution in [3.63, 3.8) is 0 Å². The number of Topliss-reactive ketones (excluding diaryl/α,β-unsaturated/α-hetero) is 2. The van der Waals surface area contributed by atoms with E-state index in [0.29, 0.717) is 56.3 Å². The molecule has 1 aliphatic heterocycles. The molecule has 0 spiro atoms. The van der Waals surface area contributed by atoms with Crippen LogP contribution in [0.3, 0.4) is 0 Å². The maximum absolute atomic E-state index is 14.6. The van der Waals surface area contributed by atoms with Crippen molar-refractivity contribution in [2.75, 3.05) is 7.11 Å². The van der Waals surface area contributed by atoms with E-state index in [4.69, 9.17) is 15.5 Å². The highest BCUT2D eigenvalue weighted by atomic mass is 16.5. The number of carbonyl (C=O) groups excluding carboxylic acids is 3. The Bertz CT molecular complexity index is 1360. The zero-order valence-electron chi connectivity index (χ0n) is 24.4. The van der Waals surface area contributed by atoms with Gasteiger partial charge in [0.05, 0.1) is 18.9 Å². The Morgan fingerprint density at radius 3 is 2.56 bits per heavy atom. The average Bonchev–Trinajstić information content (AvgIpc) is 3.14. The Hall–Kier alpha value is -3.54. The minimum atomic E-state index is -1.09. The van der Waals surface area contributed by atoms with Crippen molar-refractivity contribution in [2.24, 2.45) is 28.0 Å². The number of allylic oxidation sites excluding steroid dienone is 5. The van der Waals surface area contributed by atoms with Crippen LogP contribution in [0.4, 0.5) is 0 Å². The number of hydrogen-bond donors (Lipinski definition) is 1. The monoisotopic (exact) mass is 554 g/mol. The normalized spacial score (nSPS) is 30.1. The number of ether oxygens (including phenoxy) is 1. The number of nitrogens with zero attached hydrogens (tertiary/aromatic N) is 1. The Balaban J connectivity index is 1.41. The first-order valence-corrected chi connectivity index (χ1v) is 15.1. The first-order chi connectivity index (χ1) is 19.8. The largest absolute Gasteiger partial charge is 0.469 e. The number of benzene rings is 1. The van der Waals surface area contributed by atoms with Gasteiger partial charge in [-0.05, 0) is 87.0 Å². The van der Waals surface area contributed by atoms with E-state index in [1.54, 1.807) is 0 Å². The van der Waals surface area contributed by atoms with E-state index in [1.165, 1.54) is 7.11 Å². The molecule has 1 heterocycles. The van der Waals surface area contributed by atoms with Gasteiger partial charge in [-0.15, -0.1) is 0 Å². The lowest BCUT2D eigenvalue weighted by Gasteiger charge is -2.36. The molecule has 0 saturated heterocycles. The number of nitrogens with two attached hydrogens (primary N) is 1. The fraction of sp³-hybridized carbons (Fsp3) is 0.486. The van der Waals surface area contributed by atoms with Crippen LogP contribution in [0.5, 0.6) is 0 Å². The van der Waals surface area contributed by atoms with Crippen molar-refractivity contribution < 1.29 is 19.1 Å². The molecule has 4 aliphatic rings. The fourth-order valence-corrected chi connectivity index (χ4v) is 7.03. The lowest BCUT2D eigenvalue weighted by Crippen LogP contribution is -2.45. The summed E-state index contributed by atoms with van der Waals surface area (Å²) in [4.78, 5) is 45.4. The molecule has 216 valence electrons. The topological polar surface area (TPSA) is 98.8 Å². The van der Waals surface area contributed by atoms with Crippen molar-refractivity contribution >= 4 is 23.4 Å². The molecule has 1 saturated carbocycles. The first-order valence-electron chi connectivity index (χ1n) is 15.1. The molecule has 0 amide bonds. The lowest BCUT2D eigenvalue weighted by molar-refractivity contribution is -0.147. The predicted molar refractivity (Wildman–Crippen MR) is 162 cm³/mol. The summed E-state index contributed by atoms with van der Waals surface area (Å²) in [6, 6.07) is 7.78. The van der Waals surface area contributed by atoms with Gasteiger partial charge in [0, 0.05) is 23.3 Å². The molecule has 1 aromatic carbocycles. The van der Waals surface area contributed by atoms with Gasteiger partial charge in [0.2, 0.25) is 0 Å². The van der Waals surface area contributed by atoms with E-state index in [0.717, 1.165) is 42.4 Å². The van der Waals surface area contributed by atoms with Gasteiger partial charge < -0.3 is 10.5 Å². The second-order valence-electron chi connectivity index (χ2n) is 12.3. The number of rotatable bonds is 7. The van der Waals surface area contributed by atoms with Crippen molar-refractivity contribution in [3.8, 4) is 0 Å². The summed E-state index contributed by atoms with van der Waals surface area (Å²) in [5.74, 6) is 0.132. The second-order valence-corrected chi connectivity index (χ2v) is 12.3. The summed E-state index contributed by atoms with van der Waals surface area (Å²) < 4.78 is 4.93. The van der Waals surface area contributed by atoms with Crippen LogP contribution < -0.4 is 5.73 Å². The van der Waals surface area contributed by atoms with Crippen LogP contribution in [0.1, 0.15) is 87.1 Å². The molecule has 6 nitrogen and oxygen atoms in total. The van der Waals surface area contributed by atoms with Crippen LogP contribution in [-0.2, 0) is 20.7 Å². The van der Waals surface area contributed by atoms with E-state index < -0.39 is 11.0 Å². The standard InChI is InChI=1S/C35H42N2O4/c1-34(20-18-25(19-21-34)33(40)41-2)31(38)26-11-9-10-24(22-26)23-27-16-17-30(36)37-35(32(27)39,28-12-5-3-6-13-28)29-14-7-4-8-15-29/h3,5,7,9-12,14-15,22,25,27H,4,6,8,13,16-21,23H2,1-2H3,(H2,36,37)/t25?,27?,34?,35-/m1/s1. The molecule has 3 aliphatic carbocycles. The van der Waals surface area contributed by atoms with E-state index in [-0.39, 0.29) is 29.4 Å². The summed E-state index contributed by atoms with van der Waals surface area (Å²) in [6.07, 6.45) is 20.4. The third-order valence-corrected chi connectivity index (χ3v) is 9.52. The van der Waals surface area contributed by atoms with Gasteiger partial charge in [-0.25, -0.2) is 4.99 Å². The van der Waals surface area contributed by atoms with E-state index in [1.807, 2.05) is 37.3 Å². The van der Waals surface area contributed by atoms with E-state index >= 15 is 0 Å². The molecular formula is C35H42N2O4. The smallest absolute Gasteiger partial charge is 0.308 e. The fourth-order valence-electron chi connectivity index (χ4n) is 7.03. The molecule has 0 radical (unpaired) electrons. The Morgan fingerprint density at radius 1 is 1.07 bits per heavy atom. The van der Waals surface area contributed by atoms with Gasteiger partial charge in [-0.2, -0.15) is 0 Å². The zero-order valence-corrected chi connectivity index (χ0v) is 24.4. The van der Waals surface area contributed by atoms with Gasteiger partial charge in [0.15, 0.2) is 17.1 Å². The van der Waals surface area contributed by atoms with Crippen LogP contribution in [0, 0.1) is 17.3 Å². The number of carbonyl (C=O) groups is 3. The molecule has 0 aromatic heterocycles. The molecule has 41 heavy (non-hydrogen) atoms. The highest BCUT2D eigenvalue weighted by Crippen LogP contribution is 2.44. The Labute approximate surface area is 243 Å². The van der Waals surface area contributed by atoms with Gasteiger partial charge in [0.25, 0.3) is 0 Å². The summed E-state index contributed by atoms with van der Waals surface area (Å²) in [5.41, 5.74) is 8.45. The molecule has 1 fully saturated rings. The lowest BCUT2D eigenvalue weighted by atomic mass is 9.67. The van der Waals surface area contributed by atoms with Gasteiger partial charge >= 0.3 is 5.97 Å². The molecule has 1 aromatic rings. The van der Waals surface area contributed by atoms with Crippen LogP contribution >= 0.6 is 0 Å². The molecule has 6 heteroatoms. The summed E-state index contributed by atoms with van der Waals surface area (Å²) in [5, 5.41) is 0. The summed E-state index contributed by atoms with van der Waals surface area (Å²) in [6.45, 7) is 2.01. The summed E-state index contributed by atoms with van der Waals surface area (Å²) in [7, 11) is 1.42. The number of methoxy groups -OCH3 is 1. The average molecular weight is 555 g/mol. The highest BCUT2D eigenvalue weighted by Gasteiger charge is 2.48. The predicted octanol–water partition coefficient (Wildman–Crippen LogP) is 6.41. The molecule has 1 unspecified atom stereocenters. The van der Waals surface area contributed by atoms with Crippen molar-refractivity contribution in [3.05, 3.63) is 83.0 Å². The molecular weight excluding hydrogens is 512 g/mol. The second kappa shape index (κ2) is 12.1. The van der Waals surface area contributed by atoms with Crippen molar-refractivity contribution in [2.45, 2.75) is 83.1 Å². The number of ketones is 2. The van der Waals surface area contributed by atoms with Gasteiger partial charge in [-0.1, -0.05) is 61.6 Å². The maximum Gasteiger partial charge on any atom is 0.308 e. The number of hydrogen-bond acceptors (Lipinski definition) is 6. The minimum Gasteiger partial charge on any atom is -0.469 e. The number of aliphatic imine (C=N–C) groups is 1. The Morgan fingerprint density at radius 2 is 1.88 bits per heavy atom. The van der Waals surface area contributed by atoms with Crippen molar-refractivity contribution in [1.82, 2.24) is 0 Å². The number of esters is 1.